The highest BCUT2D eigenvalue weighted by Gasteiger charge is 2.29. The van der Waals surface area contributed by atoms with Crippen LogP contribution in [0.25, 0.3) is 11.1 Å². The van der Waals surface area contributed by atoms with Crippen LogP contribution in [0.15, 0.2) is 48.5 Å². The summed E-state index contributed by atoms with van der Waals surface area (Å²) in [6.45, 7) is 2.13. The lowest BCUT2D eigenvalue weighted by atomic mass is 9.98. The van der Waals surface area contributed by atoms with Crippen molar-refractivity contribution >= 4 is 18.0 Å². The number of fused-ring (bicyclic) bond motifs is 3. The fraction of sp³-hybridized carbons (Fsp3) is 0.375. The molecule has 3 N–H and O–H groups in total. The van der Waals surface area contributed by atoms with Crippen LogP contribution in [0.3, 0.4) is 0 Å². The average Bonchev–Trinajstić information content (AvgIpc) is 3.08. The van der Waals surface area contributed by atoms with Crippen LogP contribution >= 0.6 is 0 Å². The zero-order chi connectivity index (χ0) is 23.3. The highest BCUT2D eigenvalue weighted by atomic mass is 16.5. The van der Waals surface area contributed by atoms with Crippen molar-refractivity contribution in [3.8, 4) is 11.1 Å². The smallest absolute Gasteiger partial charge is 0.407 e. The number of benzene rings is 2. The summed E-state index contributed by atoms with van der Waals surface area (Å²) in [4.78, 5) is 37.9. The standard InChI is InChI=1S/C24H29N3O5/c1-15(22(28)26-21(23(29)30)12-13-27(2)3)25-24(31)32-14-20-18-10-6-4-8-16(18)17-9-5-7-11-19(17)20/h4-11,15,20-21H,12-14H2,1-3H3,(H,25,31)(H,26,28)(H,29,30)/t15-,21?/m0/s1. The molecule has 8 nitrogen and oxygen atoms in total. The van der Waals surface area contributed by atoms with Crippen LogP contribution in [0, 0.1) is 0 Å². The first-order chi connectivity index (χ1) is 15.3. The Balaban J connectivity index is 1.56. The number of carboxylic acid groups (broad SMARTS) is 1. The zero-order valence-corrected chi connectivity index (χ0v) is 18.5. The minimum atomic E-state index is -1.12. The van der Waals surface area contributed by atoms with E-state index in [-0.39, 0.29) is 18.9 Å². The molecule has 1 unspecified atom stereocenters. The van der Waals surface area contributed by atoms with E-state index in [4.69, 9.17) is 4.74 Å². The average molecular weight is 440 g/mol. The molecule has 0 fully saturated rings. The Hall–Kier alpha value is -3.39. The Kier molecular flexibility index (Phi) is 7.48. The number of aliphatic carboxylic acids is 1. The normalized spacial score (nSPS) is 14.2. The van der Waals surface area contributed by atoms with Gasteiger partial charge in [0.1, 0.15) is 18.7 Å². The number of carbonyl (C=O) groups excluding carboxylic acids is 2. The number of carbonyl (C=O) groups is 3. The van der Waals surface area contributed by atoms with Gasteiger partial charge in [-0.15, -0.1) is 0 Å². The van der Waals surface area contributed by atoms with Crippen LogP contribution < -0.4 is 10.6 Å². The minimum Gasteiger partial charge on any atom is -0.480 e. The third kappa shape index (κ3) is 5.45. The van der Waals surface area contributed by atoms with Crippen molar-refractivity contribution in [2.45, 2.75) is 31.3 Å². The number of carboxylic acids is 1. The summed E-state index contributed by atoms with van der Waals surface area (Å²) in [6.07, 6.45) is -0.471. The second-order valence-electron chi connectivity index (χ2n) is 8.18. The molecule has 0 aliphatic heterocycles. The summed E-state index contributed by atoms with van der Waals surface area (Å²) in [6, 6.07) is 14.1. The van der Waals surface area contributed by atoms with Gasteiger partial charge in [-0.3, -0.25) is 4.79 Å². The van der Waals surface area contributed by atoms with E-state index in [0.717, 1.165) is 22.3 Å². The number of ether oxygens (including phenoxy) is 1. The molecule has 2 amide bonds. The van der Waals surface area contributed by atoms with Gasteiger partial charge in [0, 0.05) is 12.5 Å². The first-order valence-corrected chi connectivity index (χ1v) is 10.6. The molecule has 3 rings (SSSR count). The van der Waals surface area contributed by atoms with E-state index in [1.54, 1.807) is 0 Å². The van der Waals surface area contributed by atoms with Gasteiger partial charge in [0.05, 0.1) is 0 Å². The van der Waals surface area contributed by atoms with Crippen molar-refractivity contribution in [1.82, 2.24) is 15.5 Å². The summed E-state index contributed by atoms with van der Waals surface area (Å²) < 4.78 is 5.44. The monoisotopic (exact) mass is 439 g/mol. The fourth-order valence-corrected chi connectivity index (χ4v) is 3.82. The van der Waals surface area contributed by atoms with Gasteiger partial charge in [-0.2, -0.15) is 0 Å². The van der Waals surface area contributed by atoms with Gasteiger partial charge in [0.2, 0.25) is 5.91 Å². The van der Waals surface area contributed by atoms with Crippen LogP contribution in [0.1, 0.15) is 30.4 Å². The number of nitrogens with zero attached hydrogens (tertiary/aromatic N) is 1. The van der Waals surface area contributed by atoms with Crippen molar-refractivity contribution in [1.29, 1.82) is 0 Å². The highest BCUT2D eigenvalue weighted by Crippen LogP contribution is 2.44. The number of hydrogen-bond donors (Lipinski definition) is 3. The molecule has 0 radical (unpaired) electrons. The zero-order valence-electron chi connectivity index (χ0n) is 18.5. The van der Waals surface area contributed by atoms with Crippen LogP contribution in [0.4, 0.5) is 4.79 Å². The second-order valence-corrected chi connectivity index (χ2v) is 8.18. The van der Waals surface area contributed by atoms with Crippen molar-refractivity contribution in [2.24, 2.45) is 0 Å². The van der Waals surface area contributed by atoms with Gasteiger partial charge in [0.15, 0.2) is 0 Å². The van der Waals surface area contributed by atoms with E-state index in [1.807, 2.05) is 55.4 Å². The number of amides is 2. The third-order valence-electron chi connectivity index (χ3n) is 5.55. The molecular weight excluding hydrogens is 410 g/mol. The van der Waals surface area contributed by atoms with Crippen molar-refractivity contribution in [2.75, 3.05) is 27.2 Å². The van der Waals surface area contributed by atoms with Crippen LogP contribution in [0.2, 0.25) is 0 Å². The first kappa shape index (κ1) is 23.3. The van der Waals surface area contributed by atoms with Crippen molar-refractivity contribution in [3.63, 3.8) is 0 Å². The maximum absolute atomic E-state index is 12.4. The lowest BCUT2D eigenvalue weighted by molar-refractivity contribution is -0.142. The molecule has 8 heteroatoms. The Bertz CT molecular complexity index is 946. The SMILES string of the molecule is C[C@H](NC(=O)OCC1c2ccccc2-c2ccccc21)C(=O)NC(CCN(C)C)C(=O)O. The number of alkyl carbamates (subject to hydrolysis) is 1. The second kappa shape index (κ2) is 10.3. The van der Waals surface area contributed by atoms with Crippen LogP contribution in [-0.4, -0.2) is 67.3 Å². The number of nitrogens with one attached hydrogen (secondary N) is 2. The van der Waals surface area contributed by atoms with Crippen molar-refractivity contribution in [3.05, 3.63) is 59.7 Å². The minimum absolute atomic E-state index is 0.0836. The molecule has 0 spiro atoms. The first-order valence-electron chi connectivity index (χ1n) is 10.6. The summed E-state index contributed by atoms with van der Waals surface area (Å²) in [5.41, 5.74) is 4.44. The predicted molar refractivity (Wildman–Crippen MR) is 120 cm³/mol. The summed E-state index contributed by atoms with van der Waals surface area (Å²) in [5, 5.41) is 14.3. The molecule has 0 saturated carbocycles. The maximum atomic E-state index is 12.4. The molecule has 0 bridgehead atoms. The molecule has 0 saturated heterocycles. The molecular formula is C24H29N3O5. The fourth-order valence-electron chi connectivity index (χ4n) is 3.82. The molecule has 170 valence electrons. The molecule has 1 aliphatic rings. The van der Waals surface area contributed by atoms with Gasteiger partial charge >= 0.3 is 12.1 Å². The third-order valence-corrected chi connectivity index (χ3v) is 5.55. The van der Waals surface area contributed by atoms with E-state index in [0.29, 0.717) is 6.54 Å². The van der Waals surface area contributed by atoms with Gasteiger partial charge in [-0.25, -0.2) is 9.59 Å². The van der Waals surface area contributed by atoms with E-state index in [9.17, 15) is 19.5 Å². The largest absolute Gasteiger partial charge is 0.480 e. The number of rotatable bonds is 9. The lowest BCUT2D eigenvalue weighted by Gasteiger charge is -2.20. The molecule has 0 heterocycles. The summed E-state index contributed by atoms with van der Waals surface area (Å²) in [7, 11) is 3.64. The Morgan fingerprint density at radius 2 is 1.56 bits per heavy atom. The molecule has 1 aliphatic carbocycles. The number of hydrogen-bond acceptors (Lipinski definition) is 5. The van der Waals surface area contributed by atoms with Crippen molar-refractivity contribution < 1.29 is 24.2 Å². The quantitative estimate of drug-likeness (QED) is 0.554. The highest BCUT2D eigenvalue weighted by molar-refractivity contribution is 5.89. The van der Waals surface area contributed by atoms with E-state index in [2.05, 4.69) is 22.8 Å². The molecule has 2 aromatic carbocycles. The van der Waals surface area contributed by atoms with E-state index < -0.39 is 30.1 Å². The summed E-state index contributed by atoms with van der Waals surface area (Å²) >= 11 is 0. The predicted octanol–water partition coefficient (Wildman–Crippen LogP) is 2.43. The topological polar surface area (TPSA) is 108 Å². The van der Waals surface area contributed by atoms with Crippen LogP contribution in [-0.2, 0) is 14.3 Å². The Morgan fingerprint density at radius 3 is 2.09 bits per heavy atom. The Labute approximate surface area is 187 Å². The summed E-state index contributed by atoms with van der Waals surface area (Å²) in [5.74, 6) is -1.78. The molecule has 0 aromatic heterocycles. The van der Waals surface area contributed by atoms with Gasteiger partial charge in [-0.1, -0.05) is 48.5 Å². The molecule has 32 heavy (non-hydrogen) atoms. The maximum Gasteiger partial charge on any atom is 0.407 e. The van der Waals surface area contributed by atoms with E-state index >= 15 is 0 Å². The Morgan fingerprint density at radius 1 is 1.00 bits per heavy atom. The van der Waals surface area contributed by atoms with Crippen LogP contribution in [0.5, 0.6) is 0 Å². The van der Waals surface area contributed by atoms with Gasteiger partial charge in [-0.05, 0) is 49.7 Å². The van der Waals surface area contributed by atoms with Gasteiger partial charge < -0.3 is 25.4 Å². The van der Waals surface area contributed by atoms with Gasteiger partial charge in [0.25, 0.3) is 0 Å². The molecule has 2 aromatic rings. The molecule has 2 atom stereocenters. The lowest BCUT2D eigenvalue weighted by Crippen LogP contribution is -2.51. The van der Waals surface area contributed by atoms with E-state index in [1.165, 1.54) is 6.92 Å².